The van der Waals surface area contributed by atoms with E-state index < -0.39 is 0 Å². The molecule has 0 radical (unpaired) electrons. The second kappa shape index (κ2) is 10.5. The van der Waals surface area contributed by atoms with Crippen molar-refractivity contribution in [1.82, 2.24) is 15.6 Å². The van der Waals surface area contributed by atoms with Gasteiger partial charge in [0, 0.05) is 24.7 Å². The van der Waals surface area contributed by atoms with E-state index in [1.54, 1.807) is 38.6 Å². The predicted octanol–water partition coefficient (Wildman–Crippen LogP) is 3.54. The summed E-state index contributed by atoms with van der Waals surface area (Å²) >= 11 is 0. The van der Waals surface area contributed by atoms with Crippen molar-refractivity contribution in [3.05, 3.63) is 66.1 Å². The summed E-state index contributed by atoms with van der Waals surface area (Å²) in [5.41, 5.74) is 2.41. The number of hydrogen-bond donors (Lipinski definition) is 3. The number of aromatic hydroxyl groups is 1. The first-order chi connectivity index (χ1) is 13.2. The molecule has 8 heteroatoms. The van der Waals surface area contributed by atoms with Gasteiger partial charge >= 0.3 is 0 Å². The molecule has 0 bridgehead atoms. The van der Waals surface area contributed by atoms with Gasteiger partial charge in [0.25, 0.3) is 0 Å². The van der Waals surface area contributed by atoms with Crippen LogP contribution < -0.4 is 15.4 Å². The topological polar surface area (TPSA) is 91.9 Å². The molecular weight excluding hydrogens is 471 g/mol. The number of nitrogens with one attached hydrogen (secondary N) is 2. The molecule has 0 saturated heterocycles. The number of aliphatic imine (C=N–C) groups is 1. The molecule has 148 valence electrons. The van der Waals surface area contributed by atoms with Crippen molar-refractivity contribution in [2.75, 3.05) is 14.2 Å². The van der Waals surface area contributed by atoms with Crippen molar-refractivity contribution in [2.24, 2.45) is 4.99 Å². The maximum absolute atomic E-state index is 9.96. The molecule has 1 heterocycles. The number of nitrogens with zero attached hydrogens (tertiary/aromatic N) is 2. The molecular formula is C20H23IN4O3. The monoisotopic (exact) mass is 494 g/mol. The Bertz CT molecular complexity index is 913. The molecule has 0 amide bonds. The van der Waals surface area contributed by atoms with Crippen molar-refractivity contribution in [3.8, 4) is 23.0 Å². The van der Waals surface area contributed by atoms with Crippen LogP contribution in [-0.4, -0.2) is 30.2 Å². The highest BCUT2D eigenvalue weighted by Crippen LogP contribution is 2.22. The lowest BCUT2D eigenvalue weighted by molar-refractivity contribution is 0.410. The normalized spacial score (nSPS) is 10.9. The third-order valence-electron chi connectivity index (χ3n) is 3.97. The van der Waals surface area contributed by atoms with Gasteiger partial charge in [-0.05, 0) is 30.3 Å². The lowest BCUT2D eigenvalue weighted by Gasteiger charge is -2.12. The first-order valence-corrected chi connectivity index (χ1v) is 8.50. The third-order valence-corrected chi connectivity index (χ3v) is 3.97. The second-order valence-electron chi connectivity index (χ2n) is 5.78. The number of oxazole rings is 1. The van der Waals surface area contributed by atoms with Crippen LogP contribution in [0.4, 0.5) is 0 Å². The van der Waals surface area contributed by atoms with Crippen LogP contribution in [0.3, 0.4) is 0 Å². The van der Waals surface area contributed by atoms with Gasteiger partial charge in [0.05, 0.1) is 19.3 Å². The molecule has 0 aliphatic carbocycles. The van der Waals surface area contributed by atoms with Crippen LogP contribution in [0.25, 0.3) is 11.5 Å². The van der Waals surface area contributed by atoms with Crippen LogP contribution in [0, 0.1) is 0 Å². The number of phenols is 1. The van der Waals surface area contributed by atoms with E-state index in [0.29, 0.717) is 36.3 Å². The summed E-state index contributed by atoms with van der Waals surface area (Å²) in [7, 11) is 3.27. The second-order valence-corrected chi connectivity index (χ2v) is 5.78. The molecule has 0 aliphatic heterocycles. The fourth-order valence-electron chi connectivity index (χ4n) is 2.51. The Balaban J connectivity index is 0.00000280. The Labute approximate surface area is 180 Å². The van der Waals surface area contributed by atoms with Gasteiger partial charge in [-0.1, -0.05) is 18.2 Å². The van der Waals surface area contributed by atoms with Crippen molar-refractivity contribution in [2.45, 2.75) is 13.1 Å². The summed E-state index contributed by atoms with van der Waals surface area (Å²) in [6, 6.07) is 14.8. The zero-order valence-electron chi connectivity index (χ0n) is 15.7. The Morgan fingerprint density at radius 1 is 1.14 bits per heavy atom. The Morgan fingerprint density at radius 3 is 2.61 bits per heavy atom. The standard InChI is InChI=1S/C20H22N4O3.HI/c1-21-20(22-11-15-10-17(26-2)8-9-18(15)25)23-12-16-13-27-19(24-16)14-6-4-3-5-7-14;/h3-10,13,25H,11-12H2,1-2H3,(H2,21,22,23);1H. The number of methoxy groups -OCH3 is 1. The minimum Gasteiger partial charge on any atom is -0.508 e. The molecule has 2 aromatic carbocycles. The highest BCUT2D eigenvalue weighted by molar-refractivity contribution is 14.0. The zero-order chi connectivity index (χ0) is 19.1. The predicted molar refractivity (Wildman–Crippen MR) is 119 cm³/mol. The summed E-state index contributed by atoms with van der Waals surface area (Å²) in [6.07, 6.45) is 1.62. The highest BCUT2D eigenvalue weighted by Gasteiger charge is 2.08. The lowest BCUT2D eigenvalue weighted by atomic mass is 10.2. The molecule has 0 aliphatic rings. The van der Waals surface area contributed by atoms with Gasteiger partial charge in [-0.3, -0.25) is 4.99 Å². The number of ether oxygens (including phenoxy) is 1. The molecule has 3 aromatic rings. The van der Waals surface area contributed by atoms with Crippen molar-refractivity contribution >= 4 is 29.9 Å². The molecule has 3 rings (SSSR count). The summed E-state index contributed by atoms with van der Waals surface area (Å²) in [6.45, 7) is 0.858. The molecule has 0 spiro atoms. The highest BCUT2D eigenvalue weighted by atomic mass is 127. The van der Waals surface area contributed by atoms with Crippen LogP contribution in [0.2, 0.25) is 0 Å². The number of benzene rings is 2. The van der Waals surface area contributed by atoms with Gasteiger partial charge in [-0.15, -0.1) is 24.0 Å². The van der Waals surface area contributed by atoms with Crippen molar-refractivity contribution in [3.63, 3.8) is 0 Å². The zero-order valence-corrected chi connectivity index (χ0v) is 18.0. The Kier molecular flexibility index (Phi) is 8.12. The summed E-state index contributed by atoms with van der Waals surface area (Å²) < 4.78 is 10.7. The third kappa shape index (κ3) is 5.62. The molecule has 0 atom stereocenters. The average Bonchev–Trinajstić information content (AvgIpc) is 3.19. The summed E-state index contributed by atoms with van der Waals surface area (Å²) in [4.78, 5) is 8.65. The lowest BCUT2D eigenvalue weighted by Crippen LogP contribution is -2.36. The van der Waals surface area contributed by atoms with E-state index in [1.165, 1.54) is 0 Å². The van der Waals surface area contributed by atoms with Crippen LogP contribution in [0.5, 0.6) is 11.5 Å². The molecule has 0 fully saturated rings. The van der Waals surface area contributed by atoms with Gasteiger partial charge in [0.2, 0.25) is 5.89 Å². The fraction of sp³-hybridized carbons (Fsp3) is 0.200. The smallest absolute Gasteiger partial charge is 0.226 e. The molecule has 28 heavy (non-hydrogen) atoms. The number of guanidine groups is 1. The van der Waals surface area contributed by atoms with Crippen LogP contribution >= 0.6 is 24.0 Å². The van der Waals surface area contributed by atoms with Gasteiger partial charge < -0.3 is 24.9 Å². The van der Waals surface area contributed by atoms with Gasteiger partial charge in [-0.2, -0.15) is 0 Å². The molecule has 0 unspecified atom stereocenters. The molecule has 1 aromatic heterocycles. The van der Waals surface area contributed by atoms with Gasteiger partial charge in [-0.25, -0.2) is 4.98 Å². The van der Waals surface area contributed by atoms with Crippen molar-refractivity contribution < 1.29 is 14.3 Å². The maximum atomic E-state index is 9.96. The fourth-order valence-corrected chi connectivity index (χ4v) is 2.51. The van der Waals surface area contributed by atoms with Crippen LogP contribution in [-0.2, 0) is 13.1 Å². The summed E-state index contributed by atoms with van der Waals surface area (Å²) in [5, 5.41) is 16.3. The number of hydrogen-bond acceptors (Lipinski definition) is 5. The minimum absolute atomic E-state index is 0. The first kappa shape index (κ1) is 21.5. The van der Waals surface area contributed by atoms with Crippen molar-refractivity contribution in [1.29, 1.82) is 0 Å². The SMILES string of the molecule is CN=C(NCc1coc(-c2ccccc2)n1)NCc1cc(OC)ccc1O.I. The number of aromatic nitrogens is 1. The first-order valence-electron chi connectivity index (χ1n) is 8.50. The number of phenolic OH excluding ortho intramolecular Hbond substituents is 1. The van der Waals surface area contributed by atoms with E-state index in [0.717, 1.165) is 11.3 Å². The van der Waals surface area contributed by atoms with E-state index in [9.17, 15) is 5.11 Å². The number of halogens is 1. The quantitative estimate of drug-likeness (QED) is 0.276. The molecule has 3 N–H and O–H groups in total. The van der Waals surface area contributed by atoms with E-state index in [-0.39, 0.29) is 29.7 Å². The van der Waals surface area contributed by atoms with Crippen LogP contribution in [0.1, 0.15) is 11.3 Å². The van der Waals surface area contributed by atoms with E-state index in [4.69, 9.17) is 9.15 Å². The molecule has 0 saturated carbocycles. The largest absolute Gasteiger partial charge is 0.508 e. The maximum Gasteiger partial charge on any atom is 0.226 e. The van der Waals surface area contributed by atoms with Gasteiger partial charge in [0.1, 0.15) is 17.8 Å². The van der Waals surface area contributed by atoms with E-state index in [2.05, 4.69) is 20.6 Å². The number of rotatable bonds is 6. The molecule has 7 nitrogen and oxygen atoms in total. The van der Waals surface area contributed by atoms with E-state index in [1.807, 2.05) is 30.3 Å². The minimum atomic E-state index is 0. The average molecular weight is 494 g/mol. The summed E-state index contributed by atoms with van der Waals surface area (Å²) in [5.74, 6) is 2.05. The Morgan fingerprint density at radius 2 is 1.89 bits per heavy atom. The Hall–Kier alpha value is -2.75. The van der Waals surface area contributed by atoms with Crippen LogP contribution in [0.15, 0.2) is 64.2 Å². The van der Waals surface area contributed by atoms with E-state index >= 15 is 0 Å². The van der Waals surface area contributed by atoms with Gasteiger partial charge in [0.15, 0.2) is 5.96 Å².